The predicted molar refractivity (Wildman–Crippen MR) is 60.8 cm³/mol. The molecule has 0 unspecified atom stereocenters. The van der Waals surface area contributed by atoms with Crippen LogP contribution in [0, 0.1) is 6.92 Å². The van der Waals surface area contributed by atoms with Crippen LogP contribution in [0.25, 0.3) is 0 Å². The highest BCUT2D eigenvalue weighted by molar-refractivity contribution is 5.65. The highest BCUT2D eigenvalue weighted by Gasteiger charge is 2.20. The molecule has 0 saturated carbocycles. The molecule has 2 heterocycles. The molecule has 1 amide bonds. The van der Waals surface area contributed by atoms with Gasteiger partial charge >= 0.3 is 6.09 Å². The predicted octanol–water partition coefficient (Wildman–Crippen LogP) is 1.19. The van der Waals surface area contributed by atoms with Gasteiger partial charge in [0.05, 0.1) is 0 Å². The highest BCUT2D eigenvalue weighted by Crippen LogP contribution is 2.16. The molecule has 0 atom stereocenters. The molecule has 1 saturated heterocycles. The van der Waals surface area contributed by atoms with Crippen LogP contribution >= 0.6 is 0 Å². The quantitative estimate of drug-likeness (QED) is 0.774. The summed E-state index contributed by atoms with van der Waals surface area (Å²) in [5.41, 5.74) is 2.11. The van der Waals surface area contributed by atoms with Gasteiger partial charge in [0.15, 0.2) is 0 Å². The molecule has 1 aliphatic heterocycles. The third-order valence-corrected chi connectivity index (χ3v) is 2.80. The molecule has 1 aromatic heterocycles. The Morgan fingerprint density at radius 2 is 2.06 bits per heavy atom. The van der Waals surface area contributed by atoms with Crippen molar-refractivity contribution in [3.63, 3.8) is 0 Å². The monoisotopic (exact) mass is 221 g/mol. The van der Waals surface area contributed by atoms with Crippen LogP contribution in [-0.4, -0.2) is 47.3 Å². The maximum absolute atomic E-state index is 10.7. The second-order valence-corrected chi connectivity index (χ2v) is 3.91. The van der Waals surface area contributed by atoms with E-state index in [1.54, 1.807) is 6.20 Å². The van der Waals surface area contributed by atoms with Gasteiger partial charge in [-0.3, -0.25) is 4.98 Å². The molecule has 0 aliphatic carbocycles. The molecule has 5 nitrogen and oxygen atoms in total. The van der Waals surface area contributed by atoms with Crippen molar-refractivity contribution >= 4 is 11.8 Å². The fourth-order valence-electron chi connectivity index (χ4n) is 1.88. The Balaban J connectivity index is 2.01. The summed E-state index contributed by atoms with van der Waals surface area (Å²) < 4.78 is 0. The number of hydrogen-bond acceptors (Lipinski definition) is 3. The Kier molecular flexibility index (Phi) is 2.94. The fraction of sp³-hybridized carbons (Fsp3) is 0.455. The largest absolute Gasteiger partial charge is 0.465 e. The van der Waals surface area contributed by atoms with E-state index in [1.807, 2.05) is 19.1 Å². The van der Waals surface area contributed by atoms with E-state index in [0.717, 1.165) is 24.5 Å². The molecule has 16 heavy (non-hydrogen) atoms. The van der Waals surface area contributed by atoms with Crippen LogP contribution in [-0.2, 0) is 0 Å². The molecule has 0 spiro atoms. The van der Waals surface area contributed by atoms with E-state index in [0.29, 0.717) is 13.1 Å². The number of aryl methyl sites for hydroxylation is 1. The van der Waals surface area contributed by atoms with Gasteiger partial charge in [-0.05, 0) is 19.1 Å². The Labute approximate surface area is 94.3 Å². The standard InChI is InChI=1S/C11H15N3O2/c1-9-8-10(2-3-12-9)13-4-6-14(7-5-13)11(15)16/h2-3,8H,4-7H2,1H3,(H,15,16). The SMILES string of the molecule is Cc1cc(N2CCN(C(=O)O)CC2)ccn1. The van der Waals surface area contributed by atoms with E-state index in [1.165, 1.54) is 4.90 Å². The molecule has 1 aliphatic rings. The van der Waals surface area contributed by atoms with Crippen LogP contribution in [0.3, 0.4) is 0 Å². The van der Waals surface area contributed by atoms with Gasteiger partial charge in [0.1, 0.15) is 0 Å². The molecular weight excluding hydrogens is 206 g/mol. The molecule has 86 valence electrons. The summed E-state index contributed by atoms with van der Waals surface area (Å²) in [7, 11) is 0. The number of amides is 1. The number of anilines is 1. The Hall–Kier alpha value is -1.78. The number of piperazine rings is 1. The second kappa shape index (κ2) is 4.38. The van der Waals surface area contributed by atoms with Crippen molar-refractivity contribution in [1.82, 2.24) is 9.88 Å². The smallest absolute Gasteiger partial charge is 0.407 e. The molecular formula is C11H15N3O2. The number of aromatic nitrogens is 1. The number of carboxylic acid groups (broad SMARTS) is 1. The number of hydrogen-bond donors (Lipinski definition) is 1. The van der Waals surface area contributed by atoms with E-state index in [-0.39, 0.29) is 0 Å². The van der Waals surface area contributed by atoms with E-state index in [2.05, 4.69) is 9.88 Å². The summed E-state index contributed by atoms with van der Waals surface area (Å²) in [4.78, 5) is 18.5. The van der Waals surface area contributed by atoms with Crippen LogP contribution in [0.4, 0.5) is 10.5 Å². The van der Waals surface area contributed by atoms with Gasteiger partial charge in [0.2, 0.25) is 0 Å². The van der Waals surface area contributed by atoms with Crippen molar-refractivity contribution in [2.45, 2.75) is 6.92 Å². The van der Waals surface area contributed by atoms with Gasteiger partial charge in [-0.1, -0.05) is 0 Å². The van der Waals surface area contributed by atoms with Gasteiger partial charge in [-0.25, -0.2) is 4.79 Å². The third kappa shape index (κ3) is 2.24. The van der Waals surface area contributed by atoms with Crippen LogP contribution < -0.4 is 4.90 Å². The average molecular weight is 221 g/mol. The van der Waals surface area contributed by atoms with Crippen LogP contribution in [0.1, 0.15) is 5.69 Å². The zero-order valence-corrected chi connectivity index (χ0v) is 9.26. The minimum Gasteiger partial charge on any atom is -0.465 e. The molecule has 0 radical (unpaired) electrons. The first kappa shape index (κ1) is 10.7. The summed E-state index contributed by atoms with van der Waals surface area (Å²) in [6.45, 7) is 4.58. The van der Waals surface area contributed by atoms with Crippen molar-refractivity contribution in [1.29, 1.82) is 0 Å². The van der Waals surface area contributed by atoms with E-state index >= 15 is 0 Å². The molecule has 2 rings (SSSR count). The van der Waals surface area contributed by atoms with Crippen molar-refractivity contribution < 1.29 is 9.90 Å². The van der Waals surface area contributed by atoms with Gasteiger partial charge < -0.3 is 14.9 Å². The van der Waals surface area contributed by atoms with Gasteiger partial charge in [0, 0.05) is 43.8 Å². The molecule has 1 fully saturated rings. The normalized spacial score (nSPS) is 16.3. The third-order valence-electron chi connectivity index (χ3n) is 2.80. The topological polar surface area (TPSA) is 56.7 Å². The van der Waals surface area contributed by atoms with E-state index < -0.39 is 6.09 Å². The Bertz CT molecular complexity index is 387. The van der Waals surface area contributed by atoms with Gasteiger partial charge in [-0.2, -0.15) is 0 Å². The van der Waals surface area contributed by atoms with Crippen LogP contribution in [0.5, 0.6) is 0 Å². The van der Waals surface area contributed by atoms with Crippen LogP contribution in [0.2, 0.25) is 0 Å². The summed E-state index contributed by atoms with van der Waals surface area (Å²) >= 11 is 0. The zero-order chi connectivity index (χ0) is 11.5. The lowest BCUT2D eigenvalue weighted by molar-refractivity contribution is 0.142. The number of nitrogens with zero attached hydrogens (tertiary/aromatic N) is 3. The lowest BCUT2D eigenvalue weighted by atomic mass is 10.2. The van der Waals surface area contributed by atoms with Crippen LogP contribution in [0.15, 0.2) is 18.3 Å². The van der Waals surface area contributed by atoms with Gasteiger partial charge in [-0.15, -0.1) is 0 Å². The maximum atomic E-state index is 10.7. The first-order valence-corrected chi connectivity index (χ1v) is 5.32. The summed E-state index contributed by atoms with van der Waals surface area (Å²) in [5.74, 6) is 0. The Morgan fingerprint density at radius 1 is 1.38 bits per heavy atom. The minimum atomic E-state index is -0.828. The van der Waals surface area contributed by atoms with Gasteiger partial charge in [0.25, 0.3) is 0 Å². The number of carbonyl (C=O) groups is 1. The average Bonchev–Trinajstić information content (AvgIpc) is 2.29. The number of pyridine rings is 1. The van der Waals surface area contributed by atoms with Crippen molar-refractivity contribution in [2.75, 3.05) is 31.1 Å². The molecule has 1 N–H and O–H groups in total. The zero-order valence-electron chi connectivity index (χ0n) is 9.26. The molecule has 1 aromatic rings. The first-order valence-electron chi connectivity index (χ1n) is 5.32. The Morgan fingerprint density at radius 3 is 2.62 bits per heavy atom. The molecule has 0 bridgehead atoms. The summed E-state index contributed by atoms with van der Waals surface area (Å²) in [6, 6.07) is 3.99. The molecule has 5 heteroatoms. The fourth-order valence-corrected chi connectivity index (χ4v) is 1.88. The van der Waals surface area contributed by atoms with Crippen molar-refractivity contribution in [3.05, 3.63) is 24.0 Å². The van der Waals surface area contributed by atoms with E-state index in [9.17, 15) is 4.79 Å². The number of rotatable bonds is 1. The van der Waals surface area contributed by atoms with Crippen molar-refractivity contribution in [3.8, 4) is 0 Å². The van der Waals surface area contributed by atoms with Crippen molar-refractivity contribution in [2.24, 2.45) is 0 Å². The molecule has 0 aromatic carbocycles. The second-order valence-electron chi connectivity index (χ2n) is 3.91. The summed E-state index contributed by atoms with van der Waals surface area (Å²) in [6.07, 6.45) is 0.958. The highest BCUT2D eigenvalue weighted by atomic mass is 16.4. The van der Waals surface area contributed by atoms with E-state index in [4.69, 9.17) is 5.11 Å². The maximum Gasteiger partial charge on any atom is 0.407 e. The first-order chi connectivity index (χ1) is 7.66. The lowest BCUT2D eigenvalue weighted by Gasteiger charge is -2.34. The lowest BCUT2D eigenvalue weighted by Crippen LogP contribution is -2.48. The summed E-state index contributed by atoms with van der Waals surface area (Å²) in [5, 5.41) is 8.84. The minimum absolute atomic E-state index is 0.566.